The van der Waals surface area contributed by atoms with E-state index >= 15 is 0 Å². The van der Waals surface area contributed by atoms with E-state index in [2.05, 4.69) is 34.2 Å². The van der Waals surface area contributed by atoms with Crippen LogP contribution in [0.25, 0.3) is 11.7 Å². The monoisotopic (exact) mass is 374 g/mol. The van der Waals surface area contributed by atoms with E-state index in [-0.39, 0.29) is 5.91 Å². The van der Waals surface area contributed by atoms with E-state index in [9.17, 15) is 4.79 Å². The quantitative estimate of drug-likeness (QED) is 0.703. The lowest BCUT2D eigenvalue weighted by Crippen LogP contribution is -2.49. The maximum atomic E-state index is 13.1. The predicted octanol–water partition coefficient (Wildman–Crippen LogP) is 3.42. The number of amides is 1. The maximum absolute atomic E-state index is 13.1. The first kappa shape index (κ1) is 18.4. The fourth-order valence-electron chi connectivity index (χ4n) is 3.71. The Labute approximate surface area is 165 Å². The Morgan fingerprint density at radius 2 is 1.79 bits per heavy atom. The third-order valence-electron chi connectivity index (χ3n) is 5.28. The minimum absolute atomic E-state index is 0.0788. The topological polar surface area (TPSA) is 40.9 Å². The summed E-state index contributed by atoms with van der Waals surface area (Å²) in [6, 6.07) is 14.3. The van der Waals surface area contributed by atoms with Crippen molar-refractivity contribution in [3.8, 4) is 0 Å². The Morgan fingerprint density at radius 3 is 2.54 bits per heavy atom. The normalized spacial score (nSPS) is 15.6. The Balaban J connectivity index is 1.39. The molecule has 0 radical (unpaired) electrons. The highest BCUT2D eigenvalue weighted by Crippen LogP contribution is 2.17. The van der Waals surface area contributed by atoms with Crippen molar-refractivity contribution in [3.63, 3.8) is 0 Å². The number of carbonyl (C=O) groups excluding carboxylic acids is 1. The van der Waals surface area contributed by atoms with Gasteiger partial charge in [0.1, 0.15) is 11.3 Å². The molecule has 5 nitrogen and oxygen atoms in total. The summed E-state index contributed by atoms with van der Waals surface area (Å²) in [6.07, 6.45) is 6.35. The molecule has 3 heterocycles. The van der Waals surface area contributed by atoms with Gasteiger partial charge in [-0.2, -0.15) is 0 Å². The molecular weight excluding hydrogens is 348 g/mol. The molecule has 1 saturated heterocycles. The SMILES string of the molecule is Cc1ccc2nc(C)c(C(=O)N3CCN(C/C=C/c4ccccc4)CC3)n2c1. The molecule has 1 aliphatic heterocycles. The minimum Gasteiger partial charge on any atom is -0.335 e. The molecule has 0 aliphatic carbocycles. The molecule has 5 heteroatoms. The van der Waals surface area contributed by atoms with Crippen molar-refractivity contribution in [2.24, 2.45) is 0 Å². The second-order valence-corrected chi connectivity index (χ2v) is 7.39. The smallest absolute Gasteiger partial charge is 0.272 e. The van der Waals surface area contributed by atoms with Gasteiger partial charge in [0.25, 0.3) is 5.91 Å². The summed E-state index contributed by atoms with van der Waals surface area (Å²) < 4.78 is 1.93. The second-order valence-electron chi connectivity index (χ2n) is 7.39. The first-order valence-electron chi connectivity index (χ1n) is 9.80. The van der Waals surface area contributed by atoms with Crippen molar-refractivity contribution in [2.45, 2.75) is 13.8 Å². The van der Waals surface area contributed by atoms with E-state index in [1.54, 1.807) is 0 Å². The molecule has 3 aromatic rings. The number of imidazole rings is 1. The van der Waals surface area contributed by atoms with Gasteiger partial charge in [-0.3, -0.25) is 14.1 Å². The number of rotatable bonds is 4. The summed E-state index contributed by atoms with van der Waals surface area (Å²) in [5.74, 6) is 0.0788. The van der Waals surface area contributed by atoms with E-state index in [0.717, 1.165) is 49.6 Å². The first-order chi connectivity index (χ1) is 13.6. The standard InChI is InChI=1S/C23H26N4O/c1-18-10-11-21-24-19(2)22(27(21)17-18)23(28)26-15-13-25(14-16-26)12-6-9-20-7-4-3-5-8-20/h3-11,17H,12-16H2,1-2H3/b9-6+. The molecule has 144 valence electrons. The molecule has 1 aliphatic rings. The van der Waals surface area contributed by atoms with Crippen molar-refractivity contribution in [1.82, 2.24) is 19.2 Å². The number of aromatic nitrogens is 2. The molecule has 1 fully saturated rings. The van der Waals surface area contributed by atoms with Gasteiger partial charge in [-0.05, 0) is 31.0 Å². The summed E-state index contributed by atoms with van der Waals surface area (Å²) in [4.78, 5) is 22.0. The van der Waals surface area contributed by atoms with Gasteiger partial charge in [0.15, 0.2) is 0 Å². The lowest BCUT2D eigenvalue weighted by molar-refractivity contribution is 0.0642. The molecule has 28 heavy (non-hydrogen) atoms. The molecule has 4 rings (SSSR count). The number of nitrogens with zero attached hydrogens (tertiary/aromatic N) is 4. The summed E-state index contributed by atoms with van der Waals surface area (Å²) in [5.41, 5.74) is 4.65. The lowest BCUT2D eigenvalue weighted by atomic mass is 10.2. The fourth-order valence-corrected chi connectivity index (χ4v) is 3.71. The maximum Gasteiger partial charge on any atom is 0.272 e. The molecule has 1 amide bonds. The average molecular weight is 374 g/mol. The van der Waals surface area contributed by atoms with Gasteiger partial charge in [0, 0.05) is 38.9 Å². The van der Waals surface area contributed by atoms with Gasteiger partial charge in [-0.15, -0.1) is 0 Å². The van der Waals surface area contributed by atoms with Crippen LogP contribution in [0, 0.1) is 13.8 Å². The number of carbonyl (C=O) groups is 1. The average Bonchev–Trinajstić information content (AvgIpc) is 3.04. The van der Waals surface area contributed by atoms with Gasteiger partial charge in [-0.25, -0.2) is 4.98 Å². The molecular formula is C23H26N4O. The van der Waals surface area contributed by atoms with Crippen molar-refractivity contribution >= 4 is 17.6 Å². The van der Waals surface area contributed by atoms with E-state index in [0.29, 0.717) is 5.69 Å². The zero-order valence-electron chi connectivity index (χ0n) is 16.5. The Hall–Kier alpha value is -2.92. The third-order valence-corrected chi connectivity index (χ3v) is 5.28. The summed E-state index contributed by atoms with van der Waals surface area (Å²) >= 11 is 0. The predicted molar refractivity (Wildman–Crippen MR) is 112 cm³/mol. The van der Waals surface area contributed by atoms with Crippen molar-refractivity contribution in [3.05, 3.63) is 77.3 Å². The number of pyridine rings is 1. The number of hydrogen-bond donors (Lipinski definition) is 0. The largest absolute Gasteiger partial charge is 0.335 e. The highest BCUT2D eigenvalue weighted by atomic mass is 16.2. The third kappa shape index (κ3) is 3.85. The van der Waals surface area contributed by atoms with Gasteiger partial charge >= 0.3 is 0 Å². The number of aryl methyl sites for hydroxylation is 2. The van der Waals surface area contributed by atoms with Crippen LogP contribution in [-0.2, 0) is 0 Å². The zero-order chi connectivity index (χ0) is 19.5. The summed E-state index contributed by atoms with van der Waals surface area (Å²) in [7, 11) is 0. The van der Waals surface area contributed by atoms with Crippen LogP contribution in [-0.4, -0.2) is 57.8 Å². The van der Waals surface area contributed by atoms with E-state index in [1.165, 1.54) is 5.56 Å². The van der Waals surface area contributed by atoms with E-state index in [4.69, 9.17) is 0 Å². The Kier molecular flexibility index (Phi) is 5.26. The van der Waals surface area contributed by atoms with Crippen LogP contribution in [0.5, 0.6) is 0 Å². The van der Waals surface area contributed by atoms with E-state index < -0.39 is 0 Å². The van der Waals surface area contributed by atoms with Gasteiger partial charge in [0.2, 0.25) is 0 Å². The second kappa shape index (κ2) is 7.98. The summed E-state index contributed by atoms with van der Waals surface area (Å²) in [5, 5.41) is 0. The molecule has 0 bridgehead atoms. The number of hydrogen-bond acceptors (Lipinski definition) is 3. The Bertz CT molecular complexity index is 998. The van der Waals surface area contributed by atoms with Crippen LogP contribution in [0.3, 0.4) is 0 Å². The van der Waals surface area contributed by atoms with Crippen LogP contribution in [0.15, 0.2) is 54.7 Å². The Morgan fingerprint density at radius 1 is 1.04 bits per heavy atom. The van der Waals surface area contributed by atoms with Crippen LogP contribution in [0.4, 0.5) is 0 Å². The van der Waals surface area contributed by atoms with Crippen LogP contribution < -0.4 is 0 Å². The first-order valence-corrected chi connectivity index (χ1v) is 9.80. The molecule has 0 saturated carbocycles. The highest BCUT2D eigenvalue weighted by Gasteiger charge is 2.25. The van der Waals surface area contributed by atoms with Crippen molar-refractivity contribution < 1.29 is 4.79 Å². The van der Waals surface area contributed by atoms with Gasteiger partial charge < -0.3 is 4.90 Å². The molecule has 0 N–H and O–H groups in total. The molecule has 0 spiro atoms. The van der Waals surface area contributed by atoms with Gasteiger partial charge in [-0.1, -0.05) is 48.6 Å². The van der Waals surface area contributed by atoms with E-state index in [1.807, 2.05) is 59.7 Å². The molecule has 0 atom stereocenters. The van der Waals surface area contributed by atoms with Crippen LogP contribution in [0.2, 0.25) is 0 Å². The molecule has 2 aromatic heterocycles. The number of fused-ring (bicyclic) bond motifs is 1. The molecule has 1 aromatic carbocycles. The van der Waals surface area contributed by atoms with Crippen molar-refractivity contribution in [1.29, 1.82) is 0 Å². The lowest BCUT2D eigenvalue weighted by Gasteiger charge is -2.34. The van der Waals surface area contributed by atoms with Gasteiger partial charge in [0.05, 0.1) is 5.69 Å². The van der Waals surface area contributed by atoms with Crippen molar-refractivity contribution in [2.75, 3.05) is 32.7 Å². The summed E-state index contributed by atoms with van der Waals surface area (Å²) in [6.45, 7) is 8.13. The van der Waals surface area contributed by atoms with Crippen LogP contribution >= 0.6 is 0 Å². The number of benzene rings is 1. The highest BCUT2D eigenvalue weighted by molar-refractivity contribution is 5.94. The zero-order valence-corrected chi connectivity index (χ0v) is 16.5. The van der Waals surface area contributed by atoms with Crippen LogP contribution in [0.1, 0.15) is 27.3 Å². The fraction of sp³-hybridized carbons (Fsp3) is 0.304. The minimum atomic E-state index is 0.0788. The molecule has 0 unspecified atom stereocenters. The number of piperazine rings is 1.